The first kappa shape index (κ1) is 22.3. The highest BCUT2D eigenvalue weighted by Crippen LogP contribution is 2.34. The Labute approximate surface area is 162 Å². The smallest absolute Gasteiger partial charge is 0.338 e. The van der Waals surface area contributed by atoms with E-state index < -0.39 is 29.8 Å². The summed E-state index contributed by atoms with van der Waals surface area (Å²) in [7, 11) is 0. The van der Waals surface area contributed by atoms with Gasteiger partial charge in [-0.1, -0.05) is 31.2 Å². The number of phenolic OH excluding ortho intramolecular Hbond substituents is 2. The van der Waals surface area contributed by atoms with E-state index in [9.17, 15) is 24.9 Å². The second-order valence-corrected chi connectivity index (χ2v) is 6.08. The molecular formula is C19H22ClNO6. The summed E-state index contributed by atoms with van der Waals surface area (Å²) in [5, 5.41) is 28.4. The van der Waals surface area contributed by atoms with Crippen LogP contribution in [0.4, 0.5) is 0 Å². The second-order valence-electron chi connectivity index (χ2n) is 6.08. The van der Waals surface area contributed by atoms with Gasteiger partial charge in [0.05, 0.1) is 12.2 Å². The molecule has 3 atom stereocenters. The minimum Gasteiger partial charge on any atom is -0.504 e. The molecule has 0 amide bonds. The van der Waals surface area contributed by atoms with Crippen LogP contribution in [0.25, 0.3) is 0 Å². The fourth-order valence-electron chi connectivity index (χ4n) is 2.76. The molecule has 0 saturated heterocycles. The van der Waals surface area contributed by atoms with Gasteiger partial charge in [-0.05, 0) is 35.7 Å². The summed E-state index contributed by atoms with van der Waals surface area (Å²) in [6.07, 6.45) is 0. The standard InChI is InChI=1S/C19H21NO6.ClH/c1-11(10-26-19(25)12-5-3-2-4-6-12)16(17(20)18(23)24)13-7-8-14(21)15(22)9-13;/h2-9,11,16-17,21-22H,10,20H2,1H3,(H,23,24);1H/t11-,16?,17+;/m1./s1. The Kier molecular flexibility index (Phi) is 8.08. The molecule has 2 aromatic rings. The summed E-state index contributed by atoms with van der Waals surface area (Å²) in [5.74, 6) is -3.61. The molecule has 1 unspecified atom stereocenters. The molecule has 0 heterocycles. The molecule has 27 heavy (non-hydrogen) atoms. The number of ether oxygens (including phenoxy) is 1. The van der Waals surface area contributed by atoms with Crippen LogP contribution < -0.4 is 5.73 Å². The molecule has 0 radical (unpaired) electrons. The van der Waals surface area contributed by atoms with E-state index in [1.54, 1.807) is 37.3 Å². The van der Waals surface area contributed by atoms with Crippen molar-refractivity contribution in [1.82, 2.24) is 0 Å². The normalized spacial score (nSPS) is 13.7. The van der Waals surface area contributed by atoms with Crippen LogP contribution in [0.2, 0.25) is 0 Å². The van der Waals surface area contributed by atoms with Crippen molar-refractivity contribution >= 4 is 24.3 Å². The largest absolute Gasteiger partial charge is 0.504 e. The molecule has 0 aromatic heterocycles. The monoisotopic (exact) mass is 395 g/mol. The van der Waals surface area contributed by atoms with Gasteiger partial charge in [0.25, 0.3) is 0 Å². The Balaban J connectivity index is 0.00000364. The van der Waals surface area contributed by atoms with Crippen molar-refractivity contribution in [2.24, 2.45) is 11.7 Å². The summed E-state index contributed by atoms with van der Waals surface area (Å²) >= 11 is 0. The van der Waals surface area contributed by atoms with Crippen LogP contribution in [0.5, 0.6) is 11.5 Å². The van der Waals surface area contributed by atoms with Gasteiger partial charge in [-0.15, -0.1) is 12.4 Å². The highest BCUT2D eigenvalue weighted by atomic mass is 35.5. The SMILES string of the molecule is C[C@H](COC(=O)c1ccccc1)C(c1ccc(O)c(O)c1)[C@H](N)C(=O)O.Cl. The third-order valence-electron chi connectivity index (χ3n) is 4.16. The minimum absolute atomic E-state index is 0. The summed E-state index contributed by atoms with van der Waals surface area (Å²) < 4.78 is 5.28. The van der Waals surface area contributed by atoms with Crippen molar-refractivity contribution in [1.29, 1.82) is 0 Å². The van der Waals surface area contributed by atoms with Gasteiger partial charge in [-0.25, -0.2) is 4.79 Å². The molecule has 0 aliphatic carbocycles. The first-order chi connectivity index (χ1) is 12.3. The van der Waals surface area contributed by atoms with E-state index in [0.717, 1.165) is 0 Å². The Bertz CT molecular complexity index is 783. The zero-order valence-electron chi connectivity index (χ0n) is 14.6. The minimum atomic E-state index is -1.27. The van der Waals surface area contributed by atoms with E-state index >= 15 is 0 Å². The quantitative estimate of drug-likeness (QED) is 0.418. The lowest BCUT2D eigenvalue weighted by Crippen LogP contribution is -2.40. The van der Waals surface area contributed by atoms with Gasteiger partial charge in [0.15, 0.2) is 11.5 Å². The third kappa shape index (κ3) is 5.60. The summed E-state index contributed by atoms with van der Waals surface area (Å²) in [5.41, 5.74) is 6.63. The number of carboxylic acid groups (broad SMARTS) is 1. The lowest BCUT2D eigenvalue weighted by atomic mass is 9.82. The predicted molar refractivity (Wildman–Crippen MR) is 101 cm³/mol. The molecular weight excluding hydrogens is 374 g/mol. The van der Waals surface area contributed by atoms with E-state index in [2.05, 4.69) is 0 Å². The average molecular weight is 396 g/mol. The molecule has 0 aliphatic heterocycles. The van der Waals surface area contributed by atoms with Gasteiger partial charge in [0, 0.05) is 5.92 Å². The van der Waals surface area contributed by atoms with Crippen LogP contribution >= 0.6 is 12.4 Å². The molecule has 0 spiro atoms. The van der Waals surface area contributed by atoms with Crippen LogP contribution in [-0.2, 0) is 9.53 Å². The maximum Gasteiger partial charge on any atom is 0.338 e. The van der Waals surface area contributed by atoms with Crippen LogP contribution in [0, 0.1) is 5.92 Å². The van der Waals surface area contributed by atoms with Crippen molar-refractivity contribution in [3.63, 3.8) is 0 Å². The number of nitrogens with two attached hydrogens (primary N) is 1. The second kappa shape index (κ2) is 9.80. The van der Waals surface area contributed by atoms with Crippen molar-refractivity contribution in [2.45, 2.75) is 18.9 Å². The van der Waals surface area contributed by atoms with Gasteiger partial charge in [0.1, 0.15) is 6.04 Å². The zero-order valence-corrected chi connectivity index (χ0v) is 15.4. The number of esters is 1. The van der Waals surface area contributed by atoms with E-state index in [1.165, 1.54) is 18.2 Å². The molecule has 2 aromatic carbocycles. The van der Waals surface area contributed by atoms with Gasteiger partial charge >= 0.3 is 11.9 Å². The number of halogens is 1. The number of hydrogen-bond donors (Lipinski definition) is 4. The number of aromatic hydroxyl groups is 2. The number of aliphatic carboxylic acids is 1. The highest BCUT2D eigenvalue weighted by Gasteiger charge is 2.32. The number of carbonyl (C=O) groups is 2. The first-order valence-corrected chi connectivity index (χ1v) is 8.03. The predicted octanol–water partition coefficient (Wildman–Crippen LogP) is 2.51. The fourth-order valence-corrected chi connectivity index (χ4v) is 2.76. The van der Waals surface area contributed by atoms with Gasteiger partial charge < -0.3 is 25.8 Å². The average Bonchev–Trinajstić information content (AvgIpc) is 2.63. The lowest BCUT2D eigenvalue weighted by molar-refractivity contribution is -0.139. The van der Waals surface area contributed by atoms with Crippen molar-refractivity contribution in [3.05, 3.63) is 59.7 Å². The van der Waals surface area contributed by atoms with Crippen LogP contribution in [0.1, 0.15) is 28.8 Å². The lowest BCUT2D eigenvalue weighted by Gasteiger charge is -2.27. The Morgan fingerprint density at radius 2 is 1.70 bits per heavy atom. The zero-order chi connectivity index (χ0) is 19.3. The first-order valence-electron chi connectivity index (χ1n) is 8.03. The van der Waals surface area contributed by atoms with Crippen LogP contribution in [0.15, 0.2) is 48.5 Å². The van der Waals surface area contributed by atoms with Crippen molar-refractivity contribution in [2.75, 3.05) is 6.61 Å². The fraction of sp³-hybridized carbons (Fsp3) is 0.263. The van der Waals surface area contributed by atoms with E-state index in [0.29, 0.717) is 11.1 Å². The summed E-state index contributed by atoms with van der Waals surface area (Å²) in [4.78, 5) is 23.5. The Morgan fingerprint density at radius 3 is 2.26 bits per heavy atom. The number of rotatable bonds is 7. The molecule has 146 valence electrons. The van der Waals surface area contributed by atoms with E-state index in [-0.39, 0.29) is 30.5 Å². The molecule has 7 nitrogen and oxygen atoms in total. The molecule has 0 bridgehead atoms. The molecule has 0 fully saturated rings. The molecule has 8 heteroatoms. The Hall–Kier alpha value is -2.77. The maximum atomic E-state index is 12.1. The Morgan fingerprint density at radius 1 is 1.07 bits per heavy atom. The van der Waals surface area contributed by atoms with Gasteiger partial charge in [-0.3, -0.25) is 4.79 Å². The molecule has 0 aliphatic rings. The number of phenols is 2. The van der Waals surface area contributed by atoms with Crippen molar-refractivity contribution < 1.29 is 29.6 Å². The van der Waals surface area contributed by atoms with Crippen LogP contribution in [0.3, 0.4) is 0 Å². The molecule has 0 saturated carbocycles. The number of carboxylic acids is 1. The topological polar surface area (TPSA) is 130 Å². The third-order valence-corrected chi connectivity index (χ3v) is 4.16. The molecule has 5 N–H and O–H groups in total. The van der Waals surface area contributed by atoms with Gasteiger partial charge in [-0.2, -0.15) is 0 Å². The number of benzene rings is 2. The number of hydrogen-bond acceptors (Lipinski definition) is 6. The maximum absolute atomic E-state index is 12.1. The van der Waals surface area contributed by atoms with Crippen LogP contribution in [-0.4, -0.2) is 39.9 Å². The summed E-state index contributed by atoms with van der Waals surface area (Å²) in [6.45, 7) is 1.65. The summed E-state index contributed by atoms with van der Waals surface area (Å²) in [6, 6.07) is 11.2. The van der Waals surface area contributed by atoms with Gasteiger partial charge in [0.2, 0.25) is 0 Å². The molecule has 2 rings (SSSR count). The van der Waals surface area contributed by atoms with Crippen molar-refractivity contribution in [3.8, 4) is 11.5 Å². The van der Waals surface area contributed by atoms with E-state index in [4.69, 9.17) is 10.5 Å². The highest BCUT2D eigenvalue weighted by molar-refractivity contribution is 5.89. The number of carbonyl (C=O) groups excluding carboxylic acids is 1. The van der Waals surface area contributed by atoms with E-state index in [1.807, 2.05) is 0 Å².